The molecule has 1 aromatic carbocycles. The summed E-state index contributed by atoms with van der Waals surface area (Å²) in [6.45, 7) is 3.96. The number of hydrogen-bond donors (Lipinski definition) is 1. The van der Waals surface area contributed by atoms with Crippen LogP contribution in [0.2, 0.25) is 0 Å². The second-order valence-electron chi connectivity index (χ2n) is 5.23. The fraction of sp³-hybridized carbons (Fsp3) is 0.500. The monoisotopic (exact) mass is 281 g/mol. The SMILES string of the molecule is Cc1ccc(NC(=O)C2CCS(=O)(=O)CC2)c(C)c1. The molecule has 104 valence electrons. The molecule has 0 unspecified atom stereocenters. The number of aryl methyl sites for hydroxylation is 2. The number of hydrogen-bond acceptors (Lipinski definition) is 3. The summed E-state index contributed by atoms with van der Waals surface area (Å²) in [5.74, 6) is -0.0123. The van der Waals surface area contributed by atoms with Crippen LogP contribution >= 0.6 is 0 Å². The van der Waals surface area contributed by atoms with Crippen molar-refractivity contribution in [3.63, 3.8) is 0 Å². The third kappa shape index (κ3) is 3.56. The maximum Gasteiger partial charge on any atom is 0.227 e. The van der Waals surface area contributed by atoms with Crippen molar-refractivity contribution in [1.82, 2.24) is 0 Å². The molecule has 19 heavy (non-hydrogen) atoms. The largest absolute Gasteiger partial charge is 0.326 e. The van der Waals surface area contributed by atoms with Gasteiger partial charge in [-0.05, 0) is 38.3 Å². The minimum Gasteiger partial charge on any atom is -0.326 e. The normalized spacial score (nSPS) is 19.1. The first kappa shape index (κ1) is 14.1. The lowest BCUT2D eigenvalue weighted by Crippen LogP contribution is -2.32. The molecule has 1 saturated heterocycles. The van der Waals surface area contributed by atoms with Crippen molar-refractivity contribution in [1.29, 1.82) is 0 Å². The Morgan fingerprint density at radius 3 is 2.42 bits per heavy atom. The molecule has 1 N–H and O–H groups in total. The molecule has 1 fully saturated rings. The fourth-order valence-electron chi connectivity index (χ4n) is 2.34. The van der Waals surface area contributed by atoms with Crippen LogP contribution in [0.3, 0.4) is 0 Å². The first-order valence-electron chi connectivity index (χ1n) is 6.46. The number of carbonyl (C=O) groups excluding carboxylic acids is 1. The predicted octanol–water partition coefficient (Wildman–Crippen LogP) is 2.07. The first-order chi connectivity index (χ1) is 8.87. The van der Waals surface area contributed by atoms with Gasteiger partial charge in [0.25, 0.3) is 0 Å². The quantitative estimate of drug-likeness (QED) is 0.902. The number of nitrogens with one attached hydrogen (secondary N) is 1. The molecule has 0 atom stereocenters. The maximum atomic E-state index is 12.1. The number of amides is 1. The molecule has 1 amide bonds. The molecule has 1 aliphatic rings. The van der Waals surface area contributed by atoms with Crippen molar-refractivity contribution in [3.05, 3.63) is 29.3 Å². The molecular formula is C14H19NO3S. The van der Waals surface area contributed by atoms with E-state index in [1.807, 2.05) is 32.0 Å². The van der Waals surface area contributed by atoms with E-state index in [1.165, 1.54) is 0 Å². The summed E-state index contributed by atoms with van der Waals surface area (Å²) in [5, 5.41) is 2.90. The zero-order valence-electron chi connectivity index (χ0n) is 11.3. The summed E-state index contributed by atoms with van der Waals surface area (Å²) < 4.78 is 22.7. The Bertz CT molecular complexity index is 579. The van der Waals surface area contributed by atoms with Gasteiger partial charge >= 0.3 is 0 Å². The van der Waals surface area contributed by atoms with E-state index in [1.54, 1.807) is 0 Å². The summed E-state index contributed by atoms with van der Waals surface area (Å²) in [4.78, 5) is 12.1. The second-order valence-corrected chi connectivity index (χ2v) is 7.54. The lowest BCUT2D eigenvalue weighted by molar-refractivity contribution is -0.120. The van der Waals surface area contributed by atoms with Gasteiger partial charge in [-0.3, -0.25) is 4.79 Å². The summed E-state index contributed by atoms with van der Waals surface area (Å²) in [6.07, 6.45) is 0.859. The zero-order chi connectivity index (χ0) is 14.0. The smallest absolute Gasteiger partial charge is 0.227 e. The third-order valence-corrected chi connectivity index (χ3v) is 5.28. The number of rotatable bonds is 2. The van der Waals surface area contributed by atoms with E-state index in [-0.39, 0.29) is 23.3 Å². The Kier molecular flexibility index (Phi) is 3.94. The molecule has 0 spiro atoms. The molecule has 2 rings (SSSR count). The second kappa shape index (κ2) is 5.33. The Morgan fingerprint density at radius 2 is 1.84 bits per heavy atom. The Hall–Kier alpha value is -1.36. The highest BCUT2D eigenvalue weighted by Gasteiger charge is 2.28. The molecular weight excluding hydrogens is 262 g/mol. The first-order valence-corrected chi connectivity index (χ1v) is 8.28. The molecule has 5 heteroatoms. The van der Waals surface area contributed by atoms with E-state index < -0.39 is 9.84 Å². The van der Waals surface area contributed by atoms with E-state index >= 15 is 0 Å². The summed E-state index contributed by atoms with van der Waals surface area (Å²) in [7, 11) is -2.92. The van der Waals surface area contributed by atoms with Crippen molar-refractivity contribution < 1.29 is 13.2 Å². The van der Waals surface area contributed by atoms with Crippen LogP contribution in [0, 0.1) is 19.8 Å². The van der Waals surface area contributed by atoms with Gasteiger partial charge in [0.1, 0.15) is 9.84 Å². The van der Waals surface area contributed by atoms with Gasteiger partial charge in [0.2, 0.25) is 5.91 Å². The molecule has 0 aliphatic carbocycles. The van der Waals surface area contributed by atoms with E-state index in [0.29, 0.717) is 12.8 Å². The predicted molar refractivity (Wildman–Crippen MR) is 75.9 cm³/mol. The highest BCUT2D eigenvalue weighted by Crippen LogP contribution is 2.22. The molecule has 0 aromatic heterocycles. The Balaban J connectivity index is 2.02. The van der Waals surface area contributed by atoms with Crippen molar-refractivity contribution >= 4 is 21.4 Å². The van der Waals surface area contributed by atoms with Crippen molar-refractivity contribution in [2.45, 2.75) is 26.7 Å². The molecule has 0 radical (unpaired) electrons. The van der Waals surface area contributed by atoms with Crippen molar-refractivity contribution in [3.8, 4) is 0 Å². The van der Waals surface area contributed by atoms with Gasteiger partial charge in [-0.25, -0.2) is 8.42 Å². The topological polar surface area (TPSA) is 63.2 Å². The number of carbonyl (C=O) groups is 1. The van der Waals surface area contributed by atoms with Crippen LogP contribution in [-0.4, -0.2) is 25.8 Å². The van der Waals surface area contributed by atoms with Gasteiger partial charge in [0, 0.05) is 11.6 Å². The molecule has 1 aromatic rings. The standard InChI is InChI=1S/C14H19NO3S/c1-10-3-4-13(11(2)9-10)15-14(16)12-5-7-19(17,18)8-6-12/h3-4,9,12H,5-8H2,1-2H3,(H,15,16). The highest BCUT2D eigenvalue weighted by atomic mass is 32.2. The minimum absolute atomic E-state index is 0.0677. The van der Waals surface area contributed by atoms with Gasteiger partial charge in [0.05, 0.1) is 11.5 Å². The average Bonchev–Trinajstić information content (AvgIpc) is 2.32. The van der Waals surface area contributed by atoms with E-state index in [4.69, 9.17) is 0 Å². The zero-order valence-corrected chi connectivity index (χ0v) is 12.1. The van der Waals surface area contributed by atoms with Crippen LogP contribution < -0.4 is 5.32 Å². The van der Waals surface area contributed by atoms with Crippen molar-refractivity contribution in [2.75, 3.05) is 16.8 Å². The van der Waals surface area contributed by atoms with Crippen LogP contribution in [0.4, 0.5) is 5.69 Å². The minimum atomic E-state index is -2.92. The lowest BCUT2D eigenvalue weighted by atomic mass is 10.0. The number of benzene rings is 1. The average molecular weight is 281 g/mol. The van der Waals surface area contributed by atoms with Gasteiger partial charge in [-0.2, -0.15) is 0 Å². The molecule has 4 nitrogen and oxygen atoms in total. The Labute approximate surface area is 114 Å². The van der Waals surface area contributed by atoms with Crippen LogP contribution in [0.1, 0.15) is 24.0 Å². The number of anilines is 1. The summed E-state index contributed by atoms with van der Waals surface area (Å²) >= 11 is 0. The van der Waals surface area contributed by atoms with Gasteiger partial charge in [-0.1, -0.05) is 17.7 Å². The molecule has 0 bridgehead atoms. The Morgan fingerprint density at radius 1 is 1.21 bits per heavy atom. The summed E-state index contributed by atoms with van der Waals surface area (Å²) in [6, 6.07) is 5.86. The van der Waals surface area contributed by atoms with Crippen LogP contribution in [0.5, 0.6) is 0 Å². The number of sulfone groups is 1. The van der Waals surface area contributed by atoms with Crippen LogP contribution in [0.25, 0.3) is 0 Å². The lowest BCUT2D eigenvalue weighted by Gasteiger charge is -2.21. The third-order valence-electron chi connectivity index (χ3n) is 3.57. The van der Waals surface area contributed by atoms with E-state index in [2.05, 4.69) is 5.32 Å². The highest BCUT2D eigenvalue weighted by molar-refractivity contribution is 7.91. The van der Waals surface area contributed by atoms with E-state index in [0.717, 1.165) is 16.8 Å². The van der Waals surface area contributed by atoms with Gasteiger partial charge in [-0.15, -0.1) is 0 Å². The maximum absolute atomic E-state index is 12.1. The molecule has 1 aliphatic heterocycles. The van der Waals surface area contributed by atoms with Gasteiger partial charge < -0.3 is 5.32 Å². The van der Waals surface area contributed by atoms with Gasteiger partial charge in [0.15, 0.2) is 0 Å². The summed E-state index contributed by atoms with van der Waals surface area (Å²) in [5.41, 5.74) is 2.99. The van der Waals surface area contributed by atoms with Crippen LogP contribution in [-0.2, 0) is 14.6 Å². The van der Waals surface area contributed by atoms with Crippen LogP contribution in [0.15, 0.2) is 18.2 Å². The molecule has 1 heterocycles. The molecule has 0 saturated carbocycles. The van der Waals surface area contributed by atoms with E-state index in [9.17, 15) is 13.2 Å². The van der Waals surface area contributed by atoms with Crippen molar-refractivity contribution in [2.24, 2.45) is 5.92 Å². The fourth-order valence-corrected chi connectivity index (χ4v) is 3.83.